The van der Waals surface area contributed by atoms with Gasteiger partial charge in [0.1, 0.15) is 6.29 Å². The van der Waals surface area contributed by atoms with Gasteiger partial charge in [0.05, 0.1) is 22.9 Å². The SMILES string of the molecule is CC.CN.CN(CCC(=O)NCCC(C)(C)OCC(C)(C)C(N)=O)C(=O)CC(S)C=O. The van der Waals surface area contributed by atoms with E-state index in [9.17, 15) is 19.2 Å². The Kier molecular flexibility index (Phi) is 19.7. The van der Waals surface area contributed by atoms with Crippen molar-refractivity contribution in [2.75, 3.05) is 33.8 Å². The summed E-state index contributed by atoms with van der Waals surface area (Å²) >= 11 is 3.96. The van der Waals surface area contributed by atoms with Crippen LogP contribution in [0.5, 0.6) is 0 Å². The van der Waals surface area contributed by atoms with Gasteiger partial charge in [-0.05, 0) is 41.2 Å². The third-order valence-corrected chi connectivity index (χ3v) is 4.49. The summed E-state index contributed by atoms with van der Waals surface area (Å²) in [5, 5.41) is 2.16. The van der Waals surface area contributed by atoms with Gasteiger partial charge in [0.2, 0.25) is 17.7 Å². The van der Waals surface area contributed by atoms with E-state index >= 15 is 0 Å². The van der Waals surface area contributed by atoms with Crippen molar-refractivity contribution < 1.29 is 23.9 Å². The second-order valence-electron chi connectivity index (χ2n) is 7.87. The number of carbonyl (C=O) groups excluding carboxylic acids is 4. The van der Waals surface area contributed by atoms with Crippen LogP contribution in [-0.2, 0) is 23.9 Å². The van der Waals surface area contributed by atoms with Crippen LogP contribution in [0.25, 0.3) is 0 Å². The number of amides is 3. The number of aldehydes is 1. The van der Waals surface area contributed by atoms with Gasteiger partial charge in [0.25, 0.3) is 0 Å². The monoisotopic (exact) mass is 464 g/mol. The predicted octanol–water partition coefficient (Wildman–Crippen LogP) is 1.14. The van der Waals surface area contributed by atoms with Crippen molar-refractivity contribution in [3.05, 3.63) is 0 Å². The molecule has 3 amide bonds. The Hall–Kier alpha value is -1.65. The molecule has 184 valence electrons. The Labute approximate surface area is 193 Å². The highest BCUT2D eigenvalue weighted by atomic mass is 32.1. The normalized spacial score (nSPS) is 11.7. The summed E-state index contributed by atoms with van der Waals surface area (Å²) in [5.74, 6) is -0.843. The Morgan fingerprint density at radius 1 is 1.16 bits per heavy atom. The summed E-state index contributed by atoms with van der Waals surface area (Å²) < 4.78 is 5.77. The molecule has 0 aliphatic carbocycles. The zero-order valence-corrected chi connectivity index (χ0v) is 21.4. The molecule has 0 bridgehead atoms. The fourth-order valence-electron chi connectivity index (χ4n) is 1.89. The van der Waals surface area contributed by atoms with Gasteiger partial charge in [-0.2, -0.15) is 12.6 Å². The average Bonchev–Trinajstić information content (AvgIpc) is 2.73. The van der Waals surface area contributed by atoms with Gasteiger partial charge in [-0.1, -0.05) is 13.8 Å². The number of hydrogen-bond acceptors (Lipinski definition) is 7. The number of primary amides is 1. The maximum atomic E-state index is 11.9. The highest BCUT2D eigenvalue weighted by Crippen LogP contribution is 2.21. The van der Waals surface area contributed by atoms with Crippen LogP contribution in [0.1, 0.15) is 60.8 Å². The molecule has 0 aromatic rings. The van der Waals surface area contributed by atoms with Crippen LogP contribution in [0.3, 0.4) is 0 Å². The first kappa shape index (κ1) is 34.0. The molecule has 0 rings (SSSR count). The zero-order valence-electron chi connectivity index (χ0n) is 20.5. The van der Waals surface area contributed by atoms with E-state index in [2.05, 4.69) is 23.7 Å². The van der Waals surface area contributed by atoms with Crippen molar-refractivity contribution in [2.24, 2.45) is 16.9 Å². The smallest absolute Gasteiger partial charge is 0.225 e. The van der Waals surface area contributed by atoms with Gasteiger partial charge >= 0.3 is 0 Å². The van der Waals surface area contributed by atoms with Crippen molar-refractivity contribution >= 4 is 36.6 Å². The Balaban J connectivity index is -0.00000184. The number of carbonyl (C=O) groups is 4. The molecule has 1 unspecified atom stereocenters. The summed E-state index contributed by atoms with van der Waals surface area (Å²) in [7, 11) is 3.08. The van der Waals surface area contributed by atoms with Crippen molar-refractivity contribution in [3.8, 4) is 0 Å². The van der Waals surface area contributed by atoms with Crippen LogP contribution >= 0.6 is 12.6 Å². The lowest BCUT2D eigenvalue weighted by Crippen LogP contribution is -2.40. The van der Waals surface area contributed by atoms with Crippen molar-refractivity contribution in [3.63, 3.8) is 0 Å². The van der Waals surface area contributed by atoms with E-state index in [0.717, 1.165) is 0 Å². The molecule has 0 aromatic heterocycles. The molecule has 0 aliphatic rings. The summed E-state index contributed by atoms with van der Waals surface area (Å²) in [6.45, 7) is 12.1. The lowest BCUT2D eigenvalue weighted by molar-refractivity contribution is -0.133. The molecule has 10 heteroatoms. The Bertz CT molecular complexity index is 542. The molecule has 0 saturated carbocycles. The summed E-state index contributed by atoms with van der Waals surface area (Å²) in [4.78, 5) is 47.0. The molecule has 0 fully saturated rings. The minimum absolute atomic E-state index is 0.0118. The molecule has 9 nitrogen and oxygen atoms in total. The average molecular weight is 465 g/mol. The maximum Gasteiger partial charge on any atom is 0.225 e. The minimum atomic E-state index is -0.756. The molecule has 0 saturated heterocycles. The summed E-state index contributed by atoms with van der Waals surface area (Å²) in [6, 6.07) is 0. The van der Waals surface area contributed by atoms with Gasteiger partial charge in [0, 0.05) is 33.0 Å². The first-order chi connectivity index (χ1) is 14.3. The zero-order chi connectivity index (χ0) is 25.3. The summed E-state index contributed by atoms with van der Waals surface area (Å²) in [6.07, 6.45) is 1.34. The van der Waals surface area contributed by atoms with Gasteiger partial charge in [-0.3, -0.25) is 14.4 Å². The van der Waals surface area contributed by atoms with E-state index in [1.165, 1.54) is 11.9 Å². The van der Waals surface area contributed by atoms with Gasteiger partial charge in [-0.15, -0.1) is 0 Å². The number of nitrogens with two attached hydrogens (primary N) is 2. The fraction of sp³-hybridized carbons (Fsp3) is 0.810. The Morgan fingerprint density at radius 2 is 1.68 bits per heavy atom. The highest BCUT2D eigenvalue weighted by Gasteiger charge is 2.29. The number of hydrogen-bond donors (Lipinski definition) is 4. The van der Waals surface area contributed by atoms with Crippen LogP contribution in [0.15, 0.2) is 0 Å². The number of nitrogens with zero attached hydrogens (tertiary/aromatic N) is 1. The molecule has 1 atom stereocenters. The van der Waals surface area contributed by atoms with Crippen LogP contribution in [0.4, 0.5) is 0 Å². The fourth-order valence-corrected chi connectivity index (χ4v) is 2.04. The molecule has 31 heavy (non-hydrogen) atoms. The van der Waals surface area contributed by atoms with E-state index in [1.54, 1.807) is 20.9 Å². The van der Waals surface area contributed by atoms with Gasteiger partial charge in [0.15, 0.2) is 0 Å². The number of nitrogens with one attached hydrogen (secondary N) is 1. The van der Waals surface area contributed by atoms with E-state index in [-0.39, 0.29) is 37.8 Å². The maximum absolute atomic E-state index is 11.9. The third-order valence-electron chi connectivity index (χ3n) is 4.18. The van der Waals surface area contributed by atoms with Crippen LogP contribution in [0, 0.1) is 5.41 Å². The van der Waals surface area contributed by atoms with Crippen molar-refractivity contribution in [2.45, 2.75) is 71.7 Å². The molecule has 0 aromatic carbocycles. The molecular formula is C21H44N4O5S. The predicted molar refractivity (Wildman–Crippen MR) is 128 cm³/mol. The lowest BCUT2D eigenvalue weighted by Gasteiger charge is -2.30. The summed E-state index contributed by atoms with van der Waals surface area (Å²) in [5.41, 5.74) is 8.55. The van der Waals surface area contributed by atoms with Crippen LogP contribution < -0.4 is 16.8 Å². The first-order valence-electron chi connectivity index (χ1n) is 10.5. The van der Waals surface area contributed by atoms with E-state index < -0.39 is 22.2 Å². The van der Waals surface area contributed by atoms with Crippen LogP contribution in [-0.4, -0.2) is 73.6 Å². The lowest BCUT2D eigenvalue weighted by atomic mass is 9.93. The first-order valence-corrected chi connectivity index (χ1v) is 11.0. The molecule has 0 spiro atoms. The minimum Gasteiger partial charge on any atom is -0.374 e. The largest absolute Gasteiger partial charge is 0.374 e. The second kappa shape index (κ2) is 18.0. The molecule has 0 heterocycles. The van der Waals surface area contributed by atoms with Gasteiger partial charge < -0.3 is 31.2 Å². The van der Waals surface area contributed by atoms with E-state index in [0.29, 0.717) is 19.3 Å². The number of rotatable bonds is 13. The highest BCUT2D eigenvalue weighted by molar-refractivity contribution is 7.81. The molecule has 0 aliphatic heterocycles. The molecule has 0 radical (unpaired) electrons. The number of thiol groups is 1. The number of ether oxygens (including phenoxy) is 1. The second-order valence-corrected chi connectivity index (χ2v) is 8.53. The van der Waals surface area contributed by atoms with Crippen LogP contribution in [0.2, 0.25) is 0 Å². The van der Waals surface area contributed by atoms with Crippen molar-refractivity contribution in [1.29, 1.82) is 0 Å². The standard InChI is InChI=1S/C18H33N3O5S.C2H6.CH5N/c1-17(2,16(19)25)12-26-18(3,4)7-8-20-14(23)6-9-21(5)15(24)10-13(27)11-22;2*1-2/h11,13,27H,6-10,12H2,1-5H3,(H2,19,25)(H,20,23);1-2H3;2H2,1H3. The molecule has 5 N–H and O–H groups in total. The van der Waals surface area contributed by atoms with Crippen molar-refractivity contribution in [1.82, 2.24) is 10.2 Å². The quantitative estimate of drug-likeness (QED) is 0.238. The third kappa shape index (κ3) is 17.7. The van der Waals surface area contributed by atoms with Gasteiger partial charge in [-0.25, -0.2) is 0 Å². The Morgan fingerprint density at radius 3 is 2.13 bits per heavy atom. The molecular weight excluding hydrogens is 420 g/mol. The topological polar surface area (TPSA) is 145 Å². The van der Waals surface area contributed by atoms with E-state index in [1.807, 2.05) is 27.7 Å². The van der Waals surface area contributed by atoms with E-state index in [4.69, 9.17) is 10.5 Å².